The molecule has 0 spiro atoms. The summed E-state index contributed by atoms with van der Waals surface area (Å²) < 4.78 is 43.4. The minimum absolute atomic E-state index is 0.0261. The Morgan fingerprint density at radius 3 is 2.72 bits per heavy atom. The van der Waals surface area contributed by atoms with Crippen LogP contribution < -0.4 is 16.6 Å². The summed E-state index contributed by atoms with van der Waals surface area (Å²) in [7, 11) is 0. The summed E-state index contributed by atoms with van der Waals surface area (Å²) in [6.45, 7) is -1.07. The lowest BCUT2D eigenvalue weighted by Gasteiger charge is -2.14. The number of amides is 1. The average Bonchev–Trinajstić information content (AvgIpc) is 3.17. The molecular formula is C16H15F3N4O6. The van der Waals surface area contributed by atoms with Gasteiger partial charge in [-0.15, -0.1) is 0 Å². The van der Waals surface area contributed by atoms with Gasteiger partial charge in [0.2, 0.25) is 0 Å². The molecule has 1 aliphatic heterocycles. The van der Waals surface area contributed by atoms with Crippen LogP contribution in [0.1, 0.15) is 18.2 Å². The van der Waals surface area contributed by atoms with Gasteiger partial charge in [-0.1, -0.05) is 11.8 Å². The molecule has 0 unspecified atom stereocenters. The molecule has 0 radical (unpaired) electrons. The number of hydrogen-bond donors (Lipinski definition) is 5. The monoisotopic (exact) mass is 416 g/mol. The fourth-order valence-corrected chi connectivity index (χ4v) is 2.92. The number of aliphatic hydroxyl groups is 2. The van der Waals surface area contributed by atoms with Crippen molar-refractivity contribution in [2.45, 2.75) is 31.0 Å². The molecule has 0 bridgehead atoms. The Kier molecular flexibility index (Phi) is 5.51. The van der Waals surface area contributed by atoms with Crippen molar-refractivity contribution < 1.29 is 32.9 Å². The van der Waals surface area contributed by atoms with Crippen molar-refractivity contribution in [1.29, 1.82) is 0 Å². The van der Waals surface area contributed by atoms with Gasteiger partial charge < -0.3 is 24.8 Å². The minimum Gasteiger partial charge on any atom is -0.394 e. The zero-order valence-electron chi connectivity index (χ0n) is 14.5. The van der Waals surface area contributed by atoms with Crippen LogP contribution in [0.25, 0.3) is 11.0 Å². The van der Waals surface area contributed by atoms with E-state index in [1.807, 2.05) is 4.98 Å². The second-order valence-corrected chi connectivity index (χ2v) is 6.18. The van der Waals surface area contributed by atoms with Crippen LogP contribution in [-0.2, 0) is 9.53 Å². The first-order valence-corrected chi connectivity index (χ1v) is 8.27. The zero-order valence-corrected chi connectivity index (χ0v) is 14.5. The van der Waals surface area contributed by atoms with E-state index in [1.165, 1.54) is 10.8 Å². The van der Waals surface area contributed by atoms with Crippen LogP contribution in [0, 0.1) is 11.8 Å². The van der Waals surface area contributed by atoms with Crippen molar-refractivity contribution in [1.82, 2.24) is 19.9 Å². The standard InChI is InChI=1S/C16H15F3N4O6/c17-16(18,19)14(27)20-3-1-2-7-5-23(10-4-8(25)9(6-24)29-10)12-11(7)13(26)22-15(28)21-12/h5,8-10,24-25H,3-4,6H2,(H,20,27)(H2,21,22,26,28)/t8-,9+,10+/m0/s1. The first-order chi connectivity index (χ1) is 13.6. The lowest BCUT2D eigenvalue weighted by Crippen LogP contribution is -2.36. The molecule has 1 aliphatic rings. The van der Waals surface area contributed by atoms with E-state index in [9.17, 15) is 37.8 Å². The number of rotatable bonds is 3. The first kappa shape index (κ1) is 20.6. The number of fused-ring (bicyclic) bond motifs is 1. The van der Waals surface area contributed by atoms with Crippen molar-refractivity contribution in [3.05, 3.63) is 32.6 Å². The summed E-state index contributed by atoms with van der Waals surface area (Å²) in [5.41, 5.74) is -1.51. The van der Waals surface area contributed by atoms with E-state index in [4.69, 9.17) is 4.74 Å². The lowest BCUT2D eigenvalue weighted by molar-refractivity contribution is -0.173. The fourth-order valence-electron chi connectivity index (χ4n) is 2.92. The van der Waals surface area contributed by atoms with Gasteiger partial charge in [0, 0.05) is 12.6 Å². The Morgan fingerprint density at radius 1 is 1.38 bits per heavy atom. The van der Waals surface area contributed by atoms with E-state index in [2.05, 4.69) is 16.8 Å². The van der Waals surface area contributed by atoms with Crippen molar-refractivity contribution >= 4 is 16.9 Å². The Morgan fingerprint density at radius 2 is 2.10 bits per heavy atom. The Balaban J connectivity index is 1.95. The molecule has 1 fully saturated rings. The van der Waals surface area contributed by atoms with Crippen LogP contribution in [0.2, 0.25) is 0 Å². The maximum Gasteiger partial charge on any atom is 0.471 e. The van der Waals surface area contributed by atoms with Gasteiger partial charge in [-0.25, -0.2) is 4.79 Å². The average molecular weight is 416 g/mol. The molecule has 1 saturated heterocycles. The van der Waals surface area contributed by atoms with Gasteiger partial charge in [-0.05, 0) is 0 Å². The third-order valence-corrected chi connectivity index (χ3v) is 4.23. The number of halogens is 3. The Hall–Kier alpha value is -3.08. The van der Waals surface area contributed by atoms with Gasteiger partial charge in [-0.2, -0.15) is 13.2 Å². The molecule has 2 aromatic rings. The van der Waals surface area contributed by atoms with Gasteiger partial charge in [0.05, 0.1) is 30.2 Å². The van der Waals surface area contributed by atoms with Crippen LogP contribution in [0.15, 0.2) is 15.8 Å². The maximum absolute atomic E-state index is 12.2. The van der Waals surface area contributed by atoms with E-state index < -0.39 is 54.9 Å². The predicted octanol–water partition coefficient (Wildman–Crippen LogP) is -1.31. The molecular weight excluding hydrogens is 401 g/mol. The molecule has 10 nitrogen and oxygen atoms in total. The van der Waals surface area contributed by atoms with Gasteiger partial charge in [0.1, 0.15) is 18.0 Å². The van der Waals surface area contributed by atoms with Crippen molar-refractivity contribution in [2.24, 2.45) is 0 Å². The van der Waals surface area contributed by atoms with Crippen LogP contribution in [0.4, 0.5) is 13.2 Å². The molecule has 29 heavy (non-hydrogen) atoms. The third-order valence-electron chi connectivity index (χ3n) is 4.23. The van der Waals surface area contributed by atoms with Crippen molar-refractivity contribution in [3.8, 4) is 11.8 Å². The van der Waals surface area contributed by atoms with E-state index >= 15 is 0 Å². The van der Waals surface area contributed by atoms with E-state index in [-0.39, 0.29) is 23.0 Å². The highest BCUT2D eigenvalue weighted by atomic mass is 19.4. The highest BCUT2D eigenvalue weighted by molar-refractivity contribution is 5.83. The Labute approximate surface area is 159 Å². The molecule has 13 heteroatoms. The van der Waals surface area contributed by atoms with Crippen molar-refractivity contribution in [2.75, 3.05) is 13.2 Å². The number of nitrogens with zero attached hydrogens (tertiary/aromatic N) is 1. The molecule has 5 N–H and O–H groups in total. The third kappa shape index (κ3) is 4.19. The molecule has 2 aromatic heterocycles. The molecule has 1 amide bonds. The number of alkyl halides is 3. The molecule has 3 atom stereocenters. The van der Waals surface area contributed by atoms with Crippen molar-refractivity contribution in [3.63, 3.8) is 0 Å². The zero-order chi connectivity index (χ0) is 21.3. The second kappa shape index (κ2) is 7.74. The fraction of sp³-hybridized carbons (Fsp3) is 0.438. The highest BCUT2D eigenvalue weighted by Gasteiger charge is 2.38. The SMILES string of the molecule is O=C(NCC#Cc1cn([C@H]2C[C@H](O)[C@@H](CO)O2)c2[nH]c(=O)[nH]c(=O)c12)C(F)(F)F. The highest BCUT2D eigenvalue weighted by Crippen LogP contribution is 2.31. The smallest absolute Gasteiger partial charge is 0.394 e. The number of H-pyrrole nitrogens is 2. The van der Waals surface area contributed by atoms with Crippen LogP contribution in [0.5, 0.6) is 0 Å². The molecule has 0 aliphatic carbocycles. The molecule has 3 rings (SSSR count). The summed E-state index contributed by atoms with van der Waals surface area (Å²) >= 11 is 0. The van der Waals surface area contributed by atoms with Gasteiger partial charge in [-0.3, -0.25) is 19.6 Å². The number of carbonyl (C=O) groups excluding carboxylic acids is 1. The summed E-state index contributed by atoms with van der Waals surface area (Å²) in [5, 5.41) is 20.6. The number of hydrogen-bond acceptors (Lipinski definition) is 6. The number of aromatic amines is 2. The maximum atomic E-state index is 12.2. The van der Waals surface area contributed by atoms with Crippen LogP contribution in [0.3, 0.4) is 0 Å². The number of aliphatic hydroxyl groups excluding tert-OH is 2. The summed E-state index contributed by atoms with van der Waals surface area (Å²) in [6.07, 6.45) is -6.34. The van der Waals surface area contributed by atoms with Crippen LogP contribution in [-0.4, -0.2) is 62.2 Å². The summed E-state index contributed by atoms with van der Waals surface area (Å²) in [5.74, 6) is 2.62. The molecule has 0 saturated carbocycles. The van der Waals surface area contributed by atoms with E-state index in [1.54, 1.807) is 5.32 Å². The quantitative estimate of drug-likeness (QED) is 0.392. The number of ether oxygens (including phenoxy) is 1. The minimum atomic E-state index is -5.04. The predicted molar refractivity (Wildman–Crippen MR) is 90.7 cm³/mol. The topological polar surface area (TPSA) is 149 Å². The molecule has 3 heterocycles. The van der Waals surface area contributed by atoms with E-state index in [0.717, 1.165) is 0 Å². The molecule has 156 valence electrons. The van der Waals surface area contributed by atoms with E-state index in [0.29, 0.717) is 0 Å². The van der Waals surface area contributed by atoms with Gasteiger partial charge in [0.15, 0.2) is 0 Å². The number of carbonyl (C=O) groups is 1. The normalized spacial score (nSPS) is 21.8. The molecule has 0 aromatic carbocycles. The lowest BCUT2D eigenvalue weighted by atomic mass is 10.2. The number of nitrogens with one attached hydrogen (secondary N) is 3. The van der Waals surface area contributed by atoms with Gasteiger partial charge >= 0.3 is 17.8 Å². The largest absolute Gasteiger partial charge is 0.471 e. The summed E-state index contributed by atoms with van der Waals surface area (Å²) in [6, 6.07) is 0. The number of aromatic nitrogens is 3. The Bertz CT molecular complexity index is 1110. The first-order valence-electron chi connectivity index (χ1n) is 8.27. The van der Waals surface area contributed by atoms with Gasteiger partial charge in [0.25, 0.3) is 5.56 Å². The van der Waals surface area contributed by atoms with Crippen LogP contribution >= 0.6 is 0 Å². The summed E-state index contributed by atoms with van der Waals surface area (Å²) in [4.78, 5) is 39.1. The second-order valence-electron chi connectivity index (χ2n) is 6.18.